The highest BCUT2D eigenvalue weighted by molar-refractivity contribution is 7.98. The van der Waals surface area contributed by atoms with E-state index in [1.165, 1.54) is 12.1 Å². The molecule has 2 rings (SSSR count). The zero-order valence-electron chi connectivity index (χ0n) is 10.4. The first-order valence-corrected chi connectivity index (χ1v) is 8.95. The van der Waals surface area contributed by atoms with E-state index in [0.29, 0.717) is 5.69 Å². The van der Waals surface area contributed by atoms with Gasteiger partial charge in [0.15, 0.2) is 0 Å². The molecule has 0 radical (unpaired) electrons. The minimum Gasteiger partial charge on any atom is -0.477 e. The second-order valence-electron chi connectivity index (χ2n) is 3.76. The van der Waals surface area contributed by atoms with Crippen LogP contribution in [0.1, 0.15) is 9.67 Å². The molecule has 0 bridgehead atoms. The summed E-state index contributed by atoms with van der Waals surface area (Å²) in [7, 11) is -3.75. The highest BCUT2D eigenvalue weighted by Crippen LogP contribution is 2.25. The highest BCUT2D eigenvalue weighted by Gasteiger charge is 2.19. The standard InChI is InChI=1S/C12H11NO4S3/c1-18-9-4-2-8(3-5-9)13-20(16,17)11-7-6-10(19-11)12(14)15/h2-7,13H,1H3,(H,14,15). The Morgan fingerprint density at radius 2 is 1.85 bits per heavy atom. The van der Waals surface area contributed by atoms with E-state index in [2.05, 4.69) is 4.72 Å². The van der Waals surface area contributed by atoms with Gasteiger partial charge >= 0.3 is 5.97 Å². The lowest BCUT2D eigenvalue weighted by molar-refractivity contribution is 0.0702. The van der Waals surface area contributed by atoms with E-state index < -0.39 is 16.0 Å². The second kappa shape index (κ2) is 5.86. The summed E-state index contributed by atoms with van der Waals surface area (Å²) in [5.41, 5.74) is 0.438. The Labute approximate surface area is 124 Å². The maximum Gasteiger partial charge on any atom is 0.345 e. The molecule has 0 aliphatic carbocycles. The number of hydrogen-bond donors (Lipinski definition) is 2. The Hall–Kier alpha value is -1.51. The van der Waals surface area contributed by atoms with Gasteiger partial charge in [-0.2, -0.15) is 0 Å². The molecule has 1 heterocycles. The molecule has 1 aromatic carbocycles. The van der Waals surface area contributed by atoms with Crippen LogP contribution in [-0.4, -0.2) is 25.7 Å². The van der Waals surface area contributed by atoms with Crippen molar-refractivity contribution in [1.82, 2.24) is 0 Å². The minimum absolute atomic E-state index is 0.0110. The first kappa shape index (κ1) is 14.9. The molecule has 106 valence electrons. The zero-order valence-corrected chi connectivity index (χ0v) is 12.8. The van der Waals surface area contributed by atoms with Crippen LogP contribution in [0.3, 0.4) is 0 Å². The first-order chi connectivity index (χ1) is 9.42. The minimum atomic E-state index is -3.75. The maximum atomic E-state index is 12.1. The lowest BCUT2D eigenvalue weighted by atomic mass is 10.3. The summed E-state index contributed by atoms with van der Waals surface area (Å²) in [6, 6.07) is 9.49. The van der Waals surface area contributed by atoms with Gasteiger partial charge in [0.1, 0.15) is 9.09 Å². The van der Waals surface area contributed by atoms with Gasteiger partial charge in [0, 0.05) is 10.6 Å². The number of aromatic carboxylic acids is 1. The van der Waals surface area contributed by atoms with E-state index in [1.54, 1.807) is 36.0 Å². The van der Waals surface area contributed by atoms with Crippen molar-refractivity contribution in [3.05, 3.63) is 41.3 Å². The third-order valence-corrected chi connectivity index (χ3v) is 6.09. The molecule has 1 aromatic heterocycles. The summed E-state index contributed by atoms with van der Waals surface area (Å²) in [4.78, 5) is 11.8. The summed E-state index contributed by atoms with van der Waals surface area (Å²) in [5.74, 6) is -1.14. The third kappa shape index (κ3) is 3.33. The average molecular weight is 329 g/mol. The predicted molar refractivity (Wildman–Crippen MR) is 80.3 cm³/mol. The second-order valence-corrected chi connectivity index (χ2v) is 7.63. The number of sulfonamides is 1. The molecular formula is C12H11NO4S3. The molecule has 2 aromatic rings. The fourth-order valence-electron chi connectivity index (χ4n) is 1.44. The van der Waals surface area contributed by atoms with Crippen LogP contribution in [0.25, 0.3) is 0 Å². The van der Waals surface area contributed by atoms with E-state index in [1.807, 2.05) is 6.26 Å². The molecule has 2 N–H and O–H groups in total. The molecule has 0 aliphatic rings. The fourth-order valence-corrected chi connectivity index (χ4v) is 4.06. The average Bonchev–Trinajstić information content (AvgIpc) is 2.90. The Bertz CT molecular complexity index is 719. The van der Waals surface area contributed by atoms with Crippen molar-refractivity contribution >= 4 is 44.8 Å². The summed E-state index contributed by atoms with van der Waals surface area (Å²) < 4.78 is 26.6. The lowest BCUT2D eigenvalue weighted by Gasteiger charge is -2.06. The SMILES string of the molecule is CSc1ccc(NS(=O)(=O)c2ccc(C(=O)O)s2)cc1. The van der Waals surface area contributed by atoms with Gasteiger partial charge in [0.2, 0.25) is 0 Å². The molecule has 0 fully saturated rings. The third-order valence-electron chi connectivity index (χ3n) is 2.40. The monoisotopic (exact) mass is 329 g/mol. The number of nitrogens with one attached hydrogen (secondary N) is 1. The number of hydrogen-bond acceptors (Lipinski definition) is 5. The van der Waals surface area contributed by atoms with Crippen LogP contribution < -0.4 is 4.72 Å². The van der Waals surface area contributed by atoms with E-state index in [-0.39, 0.29) is 9.09 Å². The predicted octanol–water partition coefficient (Wildman–Crippen LogP) is 2.97. The van der Waals surface area contributed by atoms with Gasteiger partial charge in [0.05, 0.1) is 0 Å². The smallest absolute Gasteiger partial charge is 0.345 e. The number of thioether (sulfide) groups is 1. The van der Waals surface area contributed by atoms with Crippen LogP contribution in [-0.2, 0) is 10.0 Å². The van der Waals surface area contributed by atoms with Crippen LogP contribution >= 0.6 is 23.1 Å². The molecular weight excluding hydrogens is 318 g/mol. The summed E-state index contributed by atoms with van der Waals surface area (Å²) in [6.45, 7) is 0. The van der Waals surface area contributed by atoms with E-state index in [9.17, 15) is 13.2 Å². The highest BCUT2D eigenvalue weighted by atomic mass is 32.2. The summed E-state index contributed by atoms with van der Waals surface area (Å²) >= 11 is 2.28. The van der Waals surface area contributed by atoms with Crippen LogP contribution in [0.4, 0.5) is 5.69 Å². The molecule has 0 atom stereocenters. The van der Waals surface area contributed by atoms with Crippen molar-refractivity contribution < 1.29 is 18.3 Å². The molecule has 0 saturated carbocycles. The van der Waals surface area contributed by atoms with Crippen molar-refractivity contribution in [2.75, 3.05) is 11.0 Å². The zero-order chi connectivity index (χ0) is 14.8. The maximum absolute atomic E-state index is 12.1. The van der Waals surface area contributed by atoms with Crippen LogP contribution in [0.2, 0.25) is 0 Å². The Morgan fingerprint density at radius 1 is 1.20 bits per heavy atom. The van der Waals surface area contributed by atoms with Crippen molar-refractivity contribution in [3.8, 4) is 0 Å². The van der Waals surface area contributed by atoms with Gasteiger partial charge in [-0.1, -0.05) is 0 Å². The van der Waals surface area contributed by atoms with Gasteiger partial charge in [-0.3, -0.25) is 4.72 Å². The Balaban J connectivity index is 2.23. The van der Waals surface area contributed by atoms with E-state index in [0.717, 1.165) is 16.2 Å². The normalized spacial score (nSPS) is 11.2. The van der Waals surface area contributed by atoms with Gasteiger partial charge in [0.25, 0.3) is 10.0 Å². The number of carbonyl (C=O) groups is 1. The Morgan fingerprint density at radius 3 is 2.35 bits per heavy atom. The fraction of sp³-hybridized carbons (Fsp3) is 0.0833. The largest absolute Gasteiger partial charge is 0.477 e. The van der Waals surface area contributed by atoms with Crippen molar-refractivity contribution in [3.63, 3.8) is 0 Å². The van der Waals surface area contributed by atoms with Crippen LogP contribution in [0.5, 0.6) is 0 Å². The van der Waals surface area contributed by atoms with E-state index >= 15 is 0 Å². The Kier molecular flexibility index (Phi) is 4.36. The molecule has 5 nitrogen and oxygen atoms in total. The molecule has 8 heteroatoms. The number of carboxylic acids is 1. The van der Waals surface area contributed by atoms with Gasteiger partial charge in [-0.05, 0) is 42.7 Å². The molecule has 0 spiro atoms. The summed E-state index contributed by atoms with van der Waals surface area (Å²) in [5, 5.41) is 8.80. The molecule has 20 heavy (non-hydrogen) atoms. The number of anilines is 1. The lowest BCUT2D eigenvalue weighted by Crippen LogP contribution is -2.11. The number of rotatable bonds is 5. The molecule has 0 aliphatic heterocycles. The first-order valence-electron chi connectivity index (χ1n) is 5.42. The topological polar surface area (TPSA) is 83.5 Å². The van der Waals surface area contributed by atoms with Crippen LogP contribution in [0.15, 0.2) is 45.5 Å². The van der Waals surface area contributed by atoms with Crippen LogP contribution in [0, 0.1) is 0 Å². The van der Waals surface area contributed by atoms with Gasteiger partial charge < -0.3 is 5.11 Å². The molecule has 0 unspecified atom stereocenters. The van der Waals surface area contributed by atoms with E-state index in [4.69, 9.17) is 5.11 Å². The van der Waals surface area contributed by atoms with Crippen molar-refractivity contribution in [1.29, 1.82) is 0 Å². The molecule has 0 saturated heterocycles. The van der Waals surface area contributed by atoms with Crippen molar-refractivity contribution in [2.24, 2.45) is 0 Å². The quantitative estimate of drug-likeness (QED) is 0.824. The summed E-state index contributed by atoms with van der Waals surface area (Å²) in [6.07, 6.45) is 1.93. The number of thiophene rings is 1. The van der Waals surface area contributed by atoms with Crippen molar-refractivity contribution in [2.45, 2.75) is 9.10 Å². The number of benzene rings is 1. The number of carboxylic acid groups (broad SMARTS) is 1. The van der Waals surface area contributed by atoms with Gasteiger partial charge in [-0.15, -0.1) is 23.1 Å². The van der Waals surface area contributed by atoms with Gasteiger partial charge in [-0.25, -0.2) is 13.2 Å². The molecule has 0 amide bonds.